The van der Waals surface area contributed by atoms with Crippen LogP contribution in [0.2, 0.25) is 0 Å². The van der Waals surface area contributed by atoms with Crippen LogP contribution in [0.25, 0.3) is 16.7 Å². The molecule has 6 nitrogen and oxygen atoms in total. The summed E-state index contributed by atoms with van der Waals surface area (Å²) in [6.07, 6.45) is 1.53. The molecule has 73 valence electrons. The zero-order valence-corrected chi connectivity index (χ0v) is 7.68. The Bertz CT molecular complexity index is 608. The summed E-state index contributed by atoms with van der Waals surface area (Å²) >= 11 is 0. The molecule has 0 aliphatic rings. The van der Waals surface area contributed by atoms with Gasteiger partial charge in [0.25, 0.3) is 0 Å². The quantitative estimate of drug-likeness (QED) is 0.598. The van der Waals surface area contributed by atoms with E-state index in [1.807, 2.05) is 18.2 Å². The Balaban J connectivity index is 2.23. The van der Waals surface area contributed by atoms with Crippen LogP contribution < -0.4 is 5.73 Å². The van der Waals surface area contributed by atoms with Gasteiger partial charge in [-0.1, -0.05) is 5.21 Å². The highest BCUT2D eigenvalue weighted by Crippen LogP contribution is 2.16. The van der Waals surface area contributed by atoms with Gasteiger partial charge in [0.05, 0.1) is 17.4 Å². The molecule has 6 heteroatoms. The number of nitrogen functional groups attached to an aromatic ring is 1. The molecule has 0 bridgehead atoms. The molecule has 3 N–H and O–H groups in total. The first-order valence-corrected chi connectivity index (χ1v) is 4.37. The average molecular weight is 199 g/mol. The van der Waals surface area contributed by atoms with E-state index < -0.39 is 0 Å². The molecular weight excluding hydrogens is 192 g/mol. The summed E-state index contributed by atoms with van der Waals surface area (Å²) in [7, 11) is 0. The minimum atomic E-state index is 0.470. The SMILES string of the molecule is Nc1[c]cnn1-c1ccc2[nH]nnc2c1. The molecule has 1 aromatic carbocycles. The largest absolute Gasteiger partial charge is 0.383 e. The first-order valence-electron chi connectivity index (χ1n) is 4.37. The second kappa shape index (κ2) is 2.81. The molecular formula is C9H7N6. The Morgan fingerprint density at radius 3 is 3.13 bits per heavy atom. The number of H-pyrrole nitrogens is 1. The van der Waals surface area contributed by atoms with Crippen molar-refractivity contribution in [1.29, 1.82) is 0 Å². The normalized spacial score (nSPS) is 10.9. The third-order valence-corrected chi connectivity index (χ3v) is 2.17. The van der Waals surface area contributed by atoms with Crippen molar-refractivity contribution in [1.82, 2.24) is 25.2 Å². The number of anilines is 1. The van der Waals surface area contributed by atoms with Crippen molar-refractivity contribution in [2.45, 2.75) is 0 Å². The lowest BCUT2D eigenvalue weighted by Gasteiger charge is -2.02. The van der Waals surface area contributed by atoms with E-state index >= 15 is 0 Å². The highest BCUT2D eigenvalue weighted by Gasteiger charge is 2.04. The van der Waals surface area contributed by atoms with Crippen LogP contribution in [0, 0.1) is 6.07 Å². The van der Waals surface area contributed by atoms with Crippen molar-refractivity contribution in [2.24, 2.45) is 0 Å². The van der Waals surface area contributed by atoms with Gasteiger partial charge in [0.2, 0.25) is 0 Å². The van der Waals surface area contributed by atoms with Crippen molar-refractivity contribution in [3.63, 3.8) is 0 Å². The zero-order chi connectivity index (χ0) is 10.3. The first-order chi connectivity index (χ1) is 7.34. The Hall–Kier alpha value is -2.37. The van der Waals surface area contributed by atoms with Crippen LogP contribution in [0.1, 0.15) is 0 Å². The van der Waals surface area contributed by atoms with E-state index in [4.69, 9.17) is 5.73 Å². The third kappa shape index (κ3) is 1.15. The Labute approximate surface area is 84.7 Å². The molecule has 0 spiro atoms. The number of hydrogen-bond acceptors (Lipinski definition) is 4. The van der Waals surface area contributed by atoms with Crippen molar-refractivity contribution in [3.8, 4) is 5.69 Å². The van der Waals surface area contributed by atoms with Gasteiger partial charge < -0.3 is 5.73 Å². The molecule has 0 aliphatic carbocycles. The van der Waals surface area contributed by atoms with E-state index in [-0.39, 0.29) is 0 Å². The summed E-state index contributed by atoms with van der Waals surface area (Å²) < 4.78 is 1.59. The van der Waals surface area contributed by atoms with E-state index in [1.165, 1.54) is 6.20 Å². The zero-order valence-electron chi connectivity index (χ0n) is 7.68. The highest BCUT2D eigenvalue weighted by atomic mass is 15.3. The van der Waals surface area contributed by atoms with Gasteiger partial charge in [-0.25, -0.2) is 4.68 Å². The van der Waals surface area contributed by atoms with Gasteiger partial charge in [-0.3, -0.25) is 5.10 Å². The van der Waals surface area contributed by atoms with Gasteiger partial charge in [0.15, 0.2) is 0 Å². The number of nitrogens with two attached hydrogens (primary N) is 1. The van der Waals surface area contributed by atoms with Gasteiger partial charge in [-0.2, -0.15) is 5.10 Å². The topological polar surface area (TPSA) is 85.4 Å². The van der Waals surface area contributed by atoms with Crippen molar-refractivity contribution >= 4 is 16.9 Å². The lowest BCUT2D eigenvalue weighted by atomic mass is 10.3. The van der Waals surface area contributed by atoms with E-state index in [1.54, 1.807) is 4.68 Å². The summed E-state index contributed by atoms with van der Waals surface area (Å²) in [5.41, 5.74) is 8.20. The van der Waals surface area contributed by atoms with Crippen LogP contribution in [-0.2, 0) is 0 Å². The van der Waals surface area contributed by atoms with Crippen LogP contribution >= 0.6 is 0 Å². The maximum atomic E-state index is 5.69. The fraction of sp³-hybridized carbons (Fsp3) is 0. The van der Waals surface area contributed by atoms with Crippen LogP contribution in [-0.4, -0.2) is 25.2 Å². The van der Waals surface area contributed by atoms with Crippen molar-refractivity contribution in [3.05, 3.63) is 30.5 Å². The monoisotopic (exact) mass is 199 g/mol. The predicted molar refractivity (Wildman–Crippen MR) is 54.3 cm³/mol. The lowest BCUT2D eigenvalue weighted by Crippen LogP contribution is -2.01. The van der Waals surface area contributed by atoms with E-state index in [9.17, 15) is 0 Å². The van der Waals surface area contributed by atoms with Crippen LogP contribution in [0.15, 0.2) is 24.4 Å². The minimum absolute atomic E-state index is 0.470. The predicted octanol–water partition coefficient (Wildman–Crippen LogP) is 0.526. The average Bonchev–Trinajstić information content (AvgIpc) is 2.84. The van der Waals surface area contributed by atoms with E-state index in [2.05, 4.69) is 26.6 Å². The Kier molecular flexibility index (Phi) is 1.49. The second-order valence-electron chi connectivity index (χ2n) is 3.10. The molecule has 0 atom stereocenters. The number of aromatic nitrogens is 5. The van der Waals surface area contributed by atoms with Crippen molar-refractivity contribution < 1.29 is 0 Å². The first kappa shape index (κ1) is 7.98. The lowest BCUT2D eigenvalue weighted by molar-refractivity contribution is 0.892. The molecule has 0 aliphatic heterocycles. The number of benzene rings is 1. The molecule has 0 amide bonds. The smallest absolute Gasteiger partial charge is 0.135 e. The Morgan fingerprint density at radius 2 is 2.33 bits per heavy atom. The molecule has 3 aromatic rings. The molecule has 3 rings (SSSR count). The van der Waals surface area contributed by atoms with Crippen LogP contribution in [0.3, 0.4) is 0 Å². The summed E-state index contributed by atoms with van der Waals surface area (Å²) in [4.78, 5) is 0. The van der Waals surface area contributed by atoms with Gasteiger partial charge >= 0.3 is 0 Å². The number of aromatic amines is 1. The van der Waals surface area contributed by atoms with E-state index in [0.29, 0.717) is 5.82 Å². The molecule has 2 aromatic heterocycles. The maximum absolute atomic E-state index is 5.69. The fourth-order valence-corrected chi connectivity index (χ4v) is 1.44. The Morgan fingerprint density at radius 1 is 1.40 bits per heavy atom. The van der Waals surface area contributed by atoms with Gasteiger partial charge in [0, 0.05) is 6.07 Å². The van der Waals surface area contributed by atoms with Gasteiger partial charge in [-0.05, 0) is 18.2 Å². The summed E-state index contributed by atoms with van der Waals surface area (Å²) in [6.45, 7) is 0. The summed E-state index contributed by atoms with van der Waals surface area (Å²) in [5, 5.41) is 14.5. The van der Waals surface area contributed by atoms with Gasteiger partial charge in [-0.15, -0.1) is 5.10 Å². The molecule has 0 saturated heterocycles. The van der Waals surface area contributed by atoms with E-state index in [0.717, 1.165) is 16.7 Å². The van der Waals surface area contributed by atoms with Crippen LogP contribution in [0.5, 0.6) is 0 Å². The van der Waals surface area contributed by atoms with Crippen LogP contribution in [0.4, 0.5) is 5.82 Å². The standard InChI is InChI=1S/C9H7N6/c10-9-3-4-11-15(9)6-1-2-7-8(5-6)13-14-12-7/h1-2,4-5H,10H2,(H,12,13,14). The summed E-state index contributed by atoms with van der Waals surface area (Å²) in [5.74, 6) is 0.470. The minimum Gasteiger partial charge on any atom is -0.383 e. The maximum Gasteiger partial charge on any atom is 0.135 e. The molecule has 0 saturated carbocycles. The molecule has 2 heterocycles. The molecule has 15 heavy (non-hydrogen) atoms. The third-order valence-electron chi connectivity index (χ3n) is 2.17. The second-order valence-corrected chi connectivity index (χ2v) is 3.10. The molecule has 0 unspecified atom stereocenters. The molecule has 0 fully saturated rings. The van der Waals surface area contributed by atoms with Crippen molar-refractivity contribution in [2.75, 3.05) is 5.73 Å². The summed E-state index contributed by atoms with van der Waals surface area (Å²) in [6, 6.07) is 8.42. The fourth-order valence-electron chi connectivity index (χ4n) is 1.44. The molecule has 1 radical (unpaired) electrons. The number of fused-ring (bicyclic) bond motifs is 1. The number of hydrogen-bond donors (Lipinski definition) is 2. The number of nitrogens with one attached hydrogen (secondary N) is 1. The van der Waals surface area contributed by atoms with Gasteiger partial charge in [0.1, 0.15) is 11.3 Å². The highest BCUT2D eigenvalue weighted by molar-refractivity contribution is 5.76. The number of rotatable bonds is 1. The number of nitrogens with zero attached hydrogens (tertiary/aromatic N) is 4.